The number of esters is 2. The summed E-state index contributed by atoms with van der Waals surface area (Å²) in [4.78, 5) is 27.5. The molecule has 2 N–H and O–H groups in total. The van der Waals surface area contributed by atoms with Crippen LogP contribution in [0, 0.1) is 0 Å². The van der Waals surface area contributed by atoms with Crippen molar-refractivity contribution in [3.8, 4) is 0 Å². The van der Waals surface area contributed by atoms with Crippen molar-refractivity contribution in [2.75, 3.05) is 53.4 Å². The van der Waals surface area contributed by atoms with Gasteiger partial charge in [-0.25, -0.2) is 8.42 Å². The summed E-state index contributed by atoms with van der Waals surface area (Å²) in [5.74, 6) is -0.300. The molecule has 5 atom stereocenters. The monoisotopic (exact) mass is 947 g/mol. The molecule has 0 aromatic carbocycles. The lowest BCUT2D eigenvalue weighted by molar-refractivity contribution is -0.914. The molecule has 0 amide bonds. The van der Waals surface area contributed by atoms with Crippen LogP contribution in [0.15, 0.2) is 24.3 Å². The van der Waals surface area contributed by atoms with Crippen molar-refractivity contribution in [3.63, 3.8) is 0 Å². The van der Waals surface area contributed by atoms with Crippen LogP contribution in [0.25, 0.3) is 0 Å². The number of unbranched alkanes of at least 4 members (excludes halogenated alkanes) is 22. The Hall–Kier alpha value is -1.87. The quantitative estimate of drug-likeness (QED) is 0.0149. The van der Waals surface area contributed by atoms with E-state index in [4.69, 9.17) is 9.47 Å². The van der Waals surface area contributed by atoms with E-state index in [2.05, 4.69) is 54.3 Å². The number of carbonyl (C=O) groups is 2. The Morgan fingerprint density at radius 1 is 0.569 bits per heavy atom. The van der Waals surface area contributed by atoms with E-state index in [0.717, 1.165) is 58.5 Å². The van der Waals surface area contributed by atoms with Crippen molar-refractivity contribution in [1.29, 1.82) is 0 Å². The molecule has 0 aromatic rings. The highest BCUT2D eigenvalue weighted by molar-refractivity contribution is 7.80. The lowest BCUT2D eigenvalue weighted by atomic mass is 10.1. The molecule has 0 saturated carbocycles. The molecular formula is C52H102N2O10S. The maximum absolute atomic E-state index is 12.7. The van der Waals surface area contributed by atoms with Gasteiger partial charge < -0.3 is 28.7 Å². The van der Waals surface area contributed by atoms with E-state index in [1.165, 1.54) is 116 Å². The van der Waals surface area contributed by atoms with Crippen molar-refractivity contribution in [2.45, 2.75) is 246 Å². The second-order valence-corrected chi connectivity index (χ2v) is 20.2. The molecule has 0 aliphatic heterocycles. The molecule has 0 aromatic heterocycles. The van der Waals surface area contributed by atoms with Crippen LogP contribution >= 0.6 is 0 Å². The van der Waals surface area contributed by atoms with Crippen molar-refractivity contribution >= 4 is 22.3 Å². The molecule has 12 nitrogen and oxygen atoms in total. The number of aliphatic hydroxyl groups excluding tert-OH is 2. The number of likely N-dealkylation sites (N-methyl/N-ethyl adjacent to an activating group) is 1. The van der Waals surface area contributed by atoms with Gasteiger partial charge in [-0.15, -0.1) is 0 Å². The number of hydrogen-bond acceptors (Lipinski definition) is 11. The topological polar surface area (TPSA) is 163 Å². The molecule has 0 radical (unpaired) electrons. The van der Waals surface area contributed by atoms with Crippen LogP contribution in [0.3, 0.4) is 0 Å². The van der Waals surface area contributed by atoms with Crippen LogP contribution in [-0.4, -0.2) is 122 Å². The number of quaternary nitrogens is 1. The lowest BCUT2D eigenvalue weighted by Crippen LogP contribution is -2.56. The second-order valence-electron chi connectivity index (χ2n) is 19.0. The average Bonchev–Trinajstić information content (AvgIpc) is 3.22. The van der Waals surface area contributed by atoms with Gasteiger partial charge in [-0.1, -0.05) is 141 Å². The van der Waals surface area contributed by atoms with Crippen LogP contribution in [0.1, 0.15) is 221 Å². The minimum Gasteiger partial charge on any atom is -0.726 e. The molecule has 0 saturated heterocycles. The van der Waals surface area contributed by atoms with Gasteiger partial charge in [-0.05, 0) is 91.9 Å². The van der Waals surface area contributed by atoms with Gasteiger partial charge in [0.15, 0.2) is 0 Å². The number of nitrogens with zero attached hydrogens (tertiary/aromatic N) is 2. The molecule has 5 unspecified atom stereocenters. The maximum atomic E-state index is 12.7. The zero-order valence-corrected chi connectivity index (χ0v) is 43.9. The van der Waals surface area contributed by atoms with Gasteiger partial charge in [0.1, 0.15) is 31.4 Å². The van der Waals surface area contributed by atoms with E-state index >= 15 is 0 Å². The predicted octanol–water partition coefficient (Wildman–Crippen LogP) is 11.5. The summed E-state index contributed by atoms with van der Waals surface area (Å²) in [5, 5.41) is 20.7. The number of rotatable bonds is 44. The van der Waals surface area contributed by atoms with Crippen molar-refractivity contribution < 1.29 is 50.9 Å². The molecule has 0 bridgehead atoms. The Morgan fingerprint density at radius 2 is 0.923 bits per heavy atom. The Kier molecular flexibility index (Phi) is 44.8. The number of hydrogen-bond donors (Lipinski definition) is 2. The summed E-state index contributed by atoms with van der Waals surface area (Å²) in [6.07, 6.45) is 40.5. The van der Waals surface area contributed by atoms with E-state index in [9.17, 15) is 32.8 Å². The predicted molar refractivity (Wildman–Crippen MR) is 267 cm³/mol. The Morgan fingerprint density at radius 3 is 1.28 bits per heavy atom. The normalized spacial score (nSPS) is 14.8. The first kappa shape index (κ1) is 65.2. The first-order chi connectivity index (χ1) is 31.0. The zero-order valence-electron chi connectivity index (χ0n) is 43.1. The summed E-state index contributed by atoms with van der Waals surface area (Å²) in [6.45, 7) is 15.4. The summed E-state index contributed by atoms with van der Waals surface area (Å²) in [6, 6.07) is 0. The summed E-state index contributed by atoms with van der Waals surface area (Å²) in [5.41, 5.74) is 0. The number of carbonyl (C=O) groups excluding carboxylic acids is 2. The van der Waals surface area contributed by atoms with Crippen molar-refractivity contribution in [1.82, 2.24) is 4.90 Å². The molecule has 0 spiro atoms. The molecule has 0 rings (SSSR count). The fourth-order valence-corrected chi connectivity index (χ4v) is 8.21. The average molecular weight is 947 g/mol. The van der Waals surface area contributed by atoms with Crippen LogP contribution < -0.4 is 0 Å². The van der Waals surface area contributed by atoms with Gasteiger partial charge in [0, 0.05) is 32.5 Å². The maximum Gasteiger partial charge on any atom is 0.306 e. The smallest absolute Gasteiger partial charge is 0.306 e. The van der Waals surface area contributed by atoms with Gasteiger partial charge in [0.25, 0.3) is 0 Å². The highest BCUT2D eigenvalue weighted by Crippen LogP contribution is 2.15. The molecule has 0 aliphatic carbocycles. The lowest BCUT2D eigenvalue weighted by Gasteiger charge is -2.39. The van der Waals surface area contributed by atoms with Gasteiger partial charge in [-0.3, -0.25) is 18.7 Å². The Labute approximate surface area is 400 Å². The SMILES string of the molecule is CCCCCCCC/C=C\CCCCCCCC(=O)OC(C)CN(CC[N+](C)(CC(C)O)CC(C)OC(=O)CCCCCCC/C=C\CCCCCCCC)CC(C)O.COS(=O)(=O)[O-]. The fraction of sp³-hybridized carbons (Fsp3) is 0.885. The summed E-state index contributed by atoms with van der Waals surface area (Å²) in [7, 11) is -1.51. The third-order valence-electron chi connectivity index (χ3n) is 11.6. The minimum atomic E-state index is -4.41. The van der Waals surface area contributed by atoms with Crippen LogP contribution in [0.5, 0.6) is 0 Å². The highest BCUT2D eigenvalue weighted by Gasteiger charge is 2.29. The molecule has 0 heterocycles. The van der Waals surface area contributed by atoms with E-state index in [0.29, 0.717) is 56.6 Å². The molecule has 13 heteroatoms. The second kappa shape index (κ2) is 44.6. The number of aliphatic hydroxyl groups is 2. The van der Waals surface area contributed by atoms with Gasteiger partial charge in [0.05, 0.1) is 26.8 Å². The van der Waals surface area contributed by atoms with Gasteiger partial charge >= 0.3 is 11.9 Å². The minimum absolute atomic E-state index is 0.146. The molecule has 65 heavy (non-hydrogen) atoms. The molecule has 0 fully saturated rings. The first-order valence-electron chi connectivity index (χ1n) is 26.1. The first-order valence-corrected chi connectivity index (χ1v) is 27.4. The summed E-state index contributed by atoms with van der Waals surface area (Å²) >= 11 is 0. The van der Waals surface area contributed by atoms with Crippen molar-refractivity contribution in [2.24, 2.45) is 0 Å². The molecule has 386 valence electrons. The van der Waals surface area contributed by atoms with Gasteiger partial charge in [-0.2, -0.15) is 0 Å². The van der Waals surface area contributed by atoms with Crippen LogP contribution in [0.4, 0.5) is 0 Å². The molecule has 0 aliphatic rings. The van der Waals surface area contributed by atoms with Gasteiger partial charge in [0.2, 0.25) is 10.4 Å². The standard InChI is InChI=1S/C51H99N2O6.CH4O4S/c1-8-10-12-14-16-18-20-22-24-26-28-30-32-34-36-38-50(56)58-48(5)43-52(42-46(3)54)40-41-53(7,44-47(4)55)45-49(6)59-51(57)39-37-35-33-31-29-27-25-23-21-19-17-15-13-11-9-2;1-5-6(2,3)4/h22-25,46-49,54-55H,8-21,26-45H2,1-7H3;1H3,(H,2,3,4)/q+1;/p-1/b24-22-,25-23-;. The van der Waals surface area contributed by atoms with E-state index in [1.54, 1.807) is 13.8 Å². The van der Waals surface area contributed by atoms with E-state index in [-0.39, 0.29) is 24.1 Å². The Bertz CT molecular complexity index is 1260. The van der Waals surface area contributed by atoms with E-state index in [1.807, 2.05) is 13.8 Å². The highest BCUT2D eigenvalue weighted by atomic mass is 32.3. The van der Waals surface area contributed by atoms with Crippen molar-refractivity contribution in [3.05, 3.63) is 24.3 Å². The molecular weight excluding hydrogens is 845 g/mol. The number of ether oxygens (including phenoxy) is 2. The third-order valence-corrected chi connectivity index (χ3v) is 12.0. The third kappa shape index (κ3) is 49.8. The summed E-state index contributed by atoms with van der Waals surface area (Å²) < 4.78 is 43.2. The zero-order chi connectivity index (χ0) is 49.0. The largest absolute Gasteiger partial charge is 0.726 e. The van der Waals surface area contributed by atoms with E-state index < -0.39 is 22.6 Å². The fourth-order valence-electron chi connectivity index (χ4n) is 8.21. The number of allylic oxidation sites excluding steroid dienone is 4. The van der Waals surface area contributed by atoms with Crippen LogP contribution in [-0.2, 0) is 33.6 Å². The Balaban J connectivity index is 0. The van der Waals surface area contributed by atoms with Crippen LogP contribution in [0.2, 0.25) is 0 Å².